The molecule has 0 bridgehead atoms. The minimum Gasteiger partial charge on any atom is -0.545 e. The molecule has 102 valence electrons. The Kier molecular flexibility index (Phi) is 3.79. The largest absolute Gasteiger partial charge is 0.545 e. The van der Waals surface area contributed by atoms with Gasteiger partial charge in [0.15, 0.2) is 0 Å². The number of benzene rings is 2. The summed E-state index contributed by atoms with van der Waals surface area (Å²) in [6.45, 7) is 1.60. The maximum Gasteiger partial charge on any atom is 0.256 e. The number of carboxylic acids is 1. The zero-order valence-electron chi connectivity index (χ0n) is 10.6. The Morgan fingerprint density at radius 1 is 1.10 bits per heavy atom. The van der Waals surface area contributed by atoms with Gasteiger partial charge in [0.2, 0.25) is 0 Å². The Morgan fingerprint density at radius 2 is 1.75 bits per heavy atom. The van der Waals surface area contributed by atoms with Crippen LogP contribution in [-0.2, 0) is 0 Å². The summed E-state index contributed by atoms with van der Waals surface area (Å²) in [5.41, 5.74) is 0.468. The summed E-state index contributed by atoms with van der Waals surface area (Å²) < 4.78 is 13.4. The highest BCUT2D eigenvalue weighted by molar-refractivity contribution is 6.10. The zero-order valence-corrected chi connectivity index (χ0v) is 10.6. The van der Waals surface area contributed by atoms with Crippen molar-refractivity contribution in [2.24, 2.45) is 0 Å². The number of aromatic carboxylic acids is 1. The van der Waals surface area contributed by atoms with Crippen LogP contribution in [0.2, 0.25) is 0 Å². The molecule has 2 aromatic carbocycles. The first-order chi connectivity index (χ1) is 9.49. The van der Waals surface area contributed by atoms with Gasteiger partial charge in [-0.25, -0.2) is 4.39 Å². The van der Waals surface area contributed by atoms with Crippen molar-refractivity contribution in [3.63, 3.8) is 0 Å². The fraction of sp³-hybridized carbons (Fsp3) is 0.0667. The van der Waals surface area contributed by atoms with Crippen molar-refractivity contribution in [3.05, 3.63) is 65.0 Å². The van der Waals surface area contributed by atoms with E-state index in [0.717, 1.165) is 0 Å². The Hall–Kier alpha value is -2.69. The summed E-state index contributed by atoms with van der Waals surface area (Å²) in [6, 6.07) is 9.91. The summed E-state index contributed by atoms with van der Waals surface area (Å²) in [7, 11) is 0. The molecule has 0 unspecified atom stereocenters. The highest BCUT2D eigenvalue weighted by Crippen LogP contribution is 2.16. The lowest BCUT2D eigenvalue weighted by Gasteiger charge is -2.11. The van der Waals surface area contributed by atoms with Gasteiger partial charge in [-0.1, -0.05) is 24.3 Å². The molecule has 4 nitrogen and oxygen atoms in total. The molecule has 2 rings (SSSR count). The van der Waals surface area contributed by atoms with Crippen LogP contribution in [0.3, 0.4) is 0 Å². The number of anilines is 1. The van der Waals surface area contributed by atoms with E-state index in [9.17, 15) is 19.1 Å². The Morgan fingerprint density at radius 3 is 2.35 bits per heavy atom. The topological polar surface area (TPSA) is 69.2 Å². The average Bonchev–Trinajstić information content (AvgIpc) is 2.43. The first-order valence-electron chi connectivity index (χ1n) is 5.87. The van der Waals surface area contributed by atoms with Crippen LogP contribution in [0.4, 0.5) is 10.1 Å². The van der Waals surface area contributed by atoms with E-state index < -0.39 is 17.7 Å². The van der Waals surface area contributed by atoms with Gasteiger partial charge in [-0.3, -0.25) is 4.79 Å². The lowest BCUT2D eigenvalue weighted by molar-refractivity contribution is -0.255. The molecule has 2 aromatic rings. The third-order valence-corrected chi connectivity index (χ3v) is 2.82. The maximum absolute atomic E-state index is 13.4. The molecule has 0 fully saturated rings. The molecular formula is C15H11FNO3-. The summed E-state index contributed by atoms with van der Waals surface area (Å²) >= 11 is 0. The van der Waals surface area contributed by atoms with Gasteiger partial charge < -0.3 is 15.2 Å². The van der Waals surface area contributed by atoms with Gasteiger partial charge in [0.1, 0.15) is 5.82 Å². The number of rotatable bonds is 3. The molecule has 5 heteroatoms. The van der Waals surface area contributed by atoms with Gasteiger partial charge in [-0.2, -0.15) is 0 Å². The van der Waals surface area contributed by atoms with Crippen molar-refractivity contribution in [1.82, 2.24) is 0 Å². The van der Waals surface area contributed by atoms with Crippen molar-refractivity contribution >= 4 is 17.6 Å². The first kappa shape index (κ1) is 13.7. The number of hydrogen-bond acceptors (Lipinski definition) is 3. The molecule has 0 aliphatic heterocycles. The summed E-state index contributed by atoms with van der Waals surface area (Å²) in [6.07, 6.45) is 0. The third kappa shape index (κ3) is 2.83. The van der Waals surface area contributed by atoms with Crippen molar-refractivity contribution in [2.75, 3.05) is 5.32 Å². The van der Waals surface area contributed by atoms with E-state index in [1.54, 1.807) is 6.92 Å². The molecule has 0 radical (unpaired) electrons. The minimum absolute atomic E-state index is 0.0338. The standard InChI is InChI=1S/C15H12FNO3/c1-9-6-7-10(8-13(9)16)17-14(18)11-4-2-3-5-12(11)15(19)20/h2-8H,1H3,(H,17,18)(H,19,20)/p-1. The highest BCUT2D eigenvalue weighted by Gasteiger charge is 2.12. The van der Waals surface area contributed by atoms with E-state index in [1.165, 1.54) is 42.5 Å². The number of carbonyl (C=O) groups excluding carboxylic acids is 2. The fourth-order valence-electron chi connectivity index (χ4n) is 1.73. The normalized spacial score (nSPS) is 10.1. The number of hydrogen-bond donors (Lipinski definition) is 1. The molecule has 0 atom stereocenters. The van der Waals surface area contributed by atoms with Crippen LogP contribution in [0.5, 0.6) is 0 Å². The number of halogens is 1. The number of aryl methyl sites for hydroxylation is 1. The minimum atomic E-state index is -1.44. The Bertz CT molecular complexity index is 683. The second-order valence-electron chi connectivity index (χ2n) is 4.25. The number of carbonyl (C=O) groups is 2. The maximum atomic E-state index is 13.4. The van der Waals surface area contributed by atoms with Gasteiger partial charge in [0.25, 0.3) is 5.91 Å². The SMILES string of the molecule is Cc1ccc(NC(=O)c2ccccc2C(=O)[O-])cc1F. The molecule has 20 heavy (non-hydrogen) atoms. The van der Waals surface area contributed by atoms with Crippen LogP contribution in [0.15, 0.2) is 42.5 Å². The Labute approximate surface area is 114 Å². The highest BCUT2D eigenvalue weighted by atomic mass is 19.1. The van der Waals surface area contributed by atoms with Crippen molar-refractivity contribution in [1.29, 1.82) is 0 Å². The molecule has 1 N–H and O–H groups in total. The van der Waals surface area contributed by atoms with Crippen LogP contribution in [-0.4, -0.2) is 11.9 Å². The summed E-state index contributed by atoms with van der Waals surface area (Å²) in [5, 5.41) is 13.4. The number of carboxylic acid groups (broad SMARTS) is 1. The fourth-order valence-corrected chi connectivity index (χ4v) is 1.73. The predicted molar refractivity (Wildman–Crippen MR) is 69.9 cm³/mol. The third-order valence-electron chi connectivity index (χ3n) is 2.82. The average molecular weight is 272 g/mol. The van der Waals surface area contributed by atoms with Crippen LogP contribution in [0.1, 0.15) is 26.3 Å². The van der Waals surface area contributed by atoms with E-state index >= 15 is 0 Å². The second-order valence-corrected chi connectivity index (χ2v) is 4.25. The van der Waals surface area contributed by atoms with Crippen LogP contribution in [0.25, 0.3) is 0 Å². The quantitative estimate of drug-likeness (QED) is 0.925. The second kappa shape index (κ2) is 5.52. The van der Waals surface area contributed by atoms with Crippen LogP contribution in [0, 0.1) is 12.7 Å². The number of nitrogens with one attached hydrogen (secondary N) is 1. The first-order valence-corrected chi connectivity index (χ1v) is 5.87. The van der Waals surface area contributed by atoms with Gasteiger partial charge in [0.05, 0.1) is 5.97 Å². The monoisotopic (exact) mass is 272 g/mol. The molecule has 0 spiro atoms. The van der Waals surface area contributed by atoms with E-state index in [4.69, 9.17) is 0 Å². The van der Waals surface area contributed by atoms with Gasteiger partial charge in [-0.15, -0.1) is 0 Å². The zero-order chi connectivity index (χ0) is 14.7. The molecule has 0 aliphatic rings. The smallest absolute Gasteiger partial charge is 0.256 e. The molecule has 1 amide bonds. The van der Waals surface area contributed by atoms with E-state index in [2.05, 4.69) is 5.32 Å². The van der Waals surface area contributed by atoms with Gasteiger partial charge >= 0.3 is 0 Å². The van der Waals surface area contributed by atoms with Crippen molar-refractivity contribution in [2.45, 2.75) is 6.92 Å². The molecule has 0 saturated heterocycles. The van der Waals surface area contributed by atoms with E-state index in [-0.39, 0.29) is 16.8 Å². The van der Waals surface area contributed by atoms with Gasteiger partial charge in [0, 0.05) is 16.8 Å². The van der Waals surface area contributed by atoms with Crippen molar-refractivity contribution in [3.8, 4) is 0 Å². The van der Waals surface area contributed by atoms with Gasteiger partial charge in [-0.05, 0) is 30.7 Å². The van der Waals surface area contributed by atoms with Crippen molar-refractivity contribution < 1.29 is 19.1 Å². The Balaban J connectivity index is 2.28. The molecular weight excluding hydrogens is 261 g/mol. The molecule has 0 saturated carbocycles. The molecule has 0 heterocycles. The van der Waals surface area contributed by atoms with E-state index in [1.807, 2.05) is 0 Å². The summed E-state index contributed by atoms with van der Waals surface area (Å²) in [4.78, 5) is 22.9. The number of amides is 1. The molecule has 0 aliphatic carbocycles. The van der Waals surface area contributed by atoms with E-state index in [0.29, 0.717) is 5.56 Å². The lowest BCUT2D eigenvalue weighted by atomic mass is 10.1. The van der Waals surface area contributed by atoms with Crippen LogP contribution < -0.4 is 10.4 Å². The lowest BCUT2D eigenvalue weighted by Crippen LogP contribution is -2.26. The predicted octanol–water partition coefficient (Wildman–Crippen LogP) is 1.75. The summed E-state index contributed by atoms with van der Waals surface area (Å²) in [5.74, 6) is -2.52. The molecule has 0 aromatic heterocycles. The van der Waals surface area contributed by atoms with Crippen LogP contribution >= 0.6 is 0 Å².